The Morgan fingerprint density at radius 3 is 2.86 bits per heavy atom. The van der Waals surface area contributed by atoms with Crippen LogP contribution in [0.25, 0.3) is 0 Å². The van der Waals surface area contributed by atoms with Gasteiger partial charge in [-0.3, -0.25) is 0 Å². The van der Waals surface area contributed by atoms with Gasteiger partial charge in [-0.1, -0.05) is 17.7 Å². The number of aliphatic hydroxyl groups is 1. The van der Waals surface area contributed by atoms with Crippen LogP contribution in [0.2, 0.25) is 0 Å². The summed E-state index contributed by atoms with van der Waals surface area (Å²) in [6.45, 7) is 3.23. The van der Waals surface area contributed by atoms with Crippen molar-refractivity contribution < 1.29 is 9.84 Å². The predicted molar refractivity (Wildman–Crippen MR) is 56.5 cm³/mol. The Labute approximate surface area is 84.7 Å². The van der Waals surface area contributed by atoms with E-state index < -0.39 is 0 Å². The van der Waals surface area contributed by atoms with Crippen molar-refractivity contribution in [2.24, 2.45) is 0 Å². The van der Waals surface area contributed by atoms with Crippen molar-refractivity contribution >= 4 is 0 Å². The molecule has 1 rings (SSSR count). The normalized spacial score (nSPS) is 10.2. The van der Waals surface area contributed by atoms with Crippen molar-refractivity contribution in [3.63, 3.8) is 0 Å². The summed E-state index contributed by atoms with van der Waals surface area (Å²) in [5.74, 6) is 0.846. The Balaban J connectivity index is 2.78. The van der Waals surface area contributed by atoms with Crippen molar-refractivity contribution in [1.82, 2.24) is 5.32 Å². The van der Waals surface area contributed by atoms with Gasteiger partial charge in [0.25, 0.3) is 0 Å². The molecule has 0 bridgehead atoms. The molecule has 0 unspecified atom stereocenters. The van der Waals surface area contributed by atoms with E-state index in [0.29, 0.717) is 6.61 Å². The van der Waals surface area contributed by atoms with Gasteiger partial charge in [-0.05, 0) is 20.0 Å². The predicted octanol–water partition coefficient (Wildman–Crippen LogP) is 1.09. The van der Waals surface area contributed by atoms with E-state index in [1.54, 1.807) is 0 Å². The summed E-state index contributed by atoms with van der Waals surface area (Å²) in [6.07, 6.45) is 0. The lowest BCUT2D eigenvalue weighted by molar-refractivity contribution is 0.200. The Hall–Kier alpha value is -1.06. The first-order valence-corrected chi connectivity index (χ1v) is 4.75. The third-order valence-corrected chi connectivity index (χ3v) is 1.93. The molecule has 78 valence electrons. The maximum atomic E-state index is 8.66. The Morgan fingerprint density at radius 2 is 2.21 bits per heavy atom. The molecule has 0 aliphatic rings. The maximum absolute atomic E-state index is 8.66. The molecule has 0 saturated carbocycles. The first-order chi connectivity index (χ1) is 6.77. The summed E-state index contributed by atoms with van der Waals surface area (Å²) < 4.78 is 5.40. The summed E-state index contributed by atoms with van der Waals surface area (Å²) >= 11 is 0. The summed E-state index contributed by atoms with van der Waals surface area (Å²) in [5, 5.41) is 11.7. The van der Waals surface area contributed by atoms with Gasteiger partial charge in [0.1, 0.15) is 12.4 Å². The quantitative estimate of drug-likeness (QED) is 0.739. The number of benzene rings is 1. The fraction of sp³-hybridized carbons (Fsp3) is 0.455. The minimum Gasteiger partial charge on any atom is -0.491 e. The highest BCUT2D eigenvalue weighted by molar-refractivity contribution is 5.36. The van der Waals surface area contributed by atoms with Gasteiger partial charge in [0.15, 0.2) is 0 Å². The molecule has 0 fully saturated rings. The third-order valence-electron chi connectivity index (χ3n) is 1.93. The average Bonchev–Trinajstić information content (AvgIpc) is 2.17. The second-order valence-corrected chi connectivity index (χ2v) is 3.21. The molecule has 0 aliphatic carbocycles. The molecule has 14 heavy (non-hydrogen) atoms. The molecule has 3 heteroatoms. The number of aliphatic hydroxyl groups excluding tert-OH is 1. The van der Waals surface area contributed by atoms with E-state index >= 15 is 0 Å². The molecule has 0 heterocycles. The zero-order valence-corrected chi connectivity index (χ0v) is 8.71. The van der Waals surface area contributed by atoms with E-state index in [-0.39, 0.29) is 6.61 Å². The topological polar surface area (TPSA) is 41.5 Å². The largest absolute Gasteiger partial charge is 0.491 e. The number of hydrogen-bond donors (Lipinski definition) is 2. The molecule has 0 aliphatic heterocycles. The van der Waals surface area contributed by atoms with Gasteiger partial charge in [0.05, 0.1) is 6.61 Å². The first-order valence-electron chi connectivity index (χ1n) is 4.75. The fourth-order valence-corrected chi connectivity index (χ4v) is 1.33. The third kappa shape index (κ3) is 3.01. The number of hydrogen-bond acceptors (Lipinski definition) is 3. The van der Waals surface area contributed by atoms with Crippen molar-refractivity contribution in [3.05, 3.63) is 29.3 Å². The zero-order chi connectivity index (χ0) is 10.4. The molecular weight excluding hydrogens is 178 g/mol. The molecule has 0 spiro atoms. The van der Waals surface area contributed by atoms with E-state index in [2.05, 4.69) is 18.3 Å². The Bertz CT molecular complexity index is 287. The molecule has 2 N–H and O–H groups in total. The summed E-state index contributed by atoms with van der Waals surface area (Å²) in [4.78, 5) is 0. The standard InChI is InChI=1S/C11H17NO2/c1-9-3-4-11(14-6-5-13)10(7-9)8-12-2/h3-4,7,12-13H,5-6,8H2,1-2H3. The van der Waals surface area contributed by atoms with Crippen LogP contribution in [0, 0.1) is 6.92 Å². The van der Waals surface area contributed by atoms with Crippen molar-refractivity contribution in [2.45, 2.75) is 13.5 Å². The maximum Gasteiger partial charge on any atom is 0.123 e. The molecule has 1 aromatic rings. The monoisotopic (exact) mass is 195 g/mol. The lowest BCUT2D eigenvalue weighted by atomic mass is 10.1. The zero-order valence-electron chi connectivity index (χ0n) is 8.71. The molecule has 1 aromatic carbocycles. The van der Waals surface area contributed by atoms with Crippen LogP contribution in [-0.2, 0) is 6.54 Å². The van der Waals surface area contributed by atoms with Gasteiger partial charge >= 0.3 is 0 Å². The molecule has 0 atom stereocenters. The smallest absolute Gasteiger partial charge is 0.123 e. The van der Waals surface area contributed by atoms with Crippen LogP contribution in [-0.4, -0.2) is 25.4 Å². The van der Waals surface area contributed by atoms with Crippen LogP contribution in [0.4, 0.5) is 0 Å². The number of rotatable bonds is 5. The number of nitrogens with one attached hydrogen (secondary N) is 1. The highest BCUT2D eigenvalue weighted by atomic mass is 16.5. The summed E-state index contributed by atoms with van der Waals surface area (Å²) in [7, 11) is 1.90. The van der Waals surface area contributed by atoms with Crippen molar-refractivity contribution in [3.8, 4) is 5.75 Å². The molecule has 3 nitrogen and oxygen atoms in total. The van der Waals surface area contributed by atoms with Gasteiger partial charge in [-0.15, -0.1) is 0 Å². The summed E-state index contributed by atoms with van der Waals surface area (Å²) in [5.41, 5.74) is 2.34. The Kier molecular flexibility index (Phi) is 4.43. The van der Waals surface area contributed by atoms with Crippen LogP contribution in [0.5, 0.6) is 5.75 Å². The van der Waals surface area contributed by atoms with Crippen LogP contribution in [0.1, 0.15) is 11.1 Å². The van der Waals surface area contributed by atoms with Gasteiger partial charge < -0.3 is 15.2 Å². The number of aryl methyl sites for hydroxylation is 1. The minimum absolute atomic E-state index is 0.0485. The molecule has 0 saturated heterocycles. The van der Waals surface area contributed by atoms with Crippen LogP contribution in [0.3, 0.4) is 0 Å². The van der Waals surface area contributed by atoms with Crippen LogP contribution < -0.4 is 10.1 Å². The van der Waals surface area contributed by atoms with Crippen molar-refractivity contribution in [1.29, 1.82) is 0 Å². The van der Waals surface area contributed by atoms with Gasteiger partial charge in [0.2, 0.25) is 0 Å². The highest BCUT2D eigenvalue weighted by Gasteiger charge is 2.02. The van der Waals surface area contributed by atoms with Gasteiger partial charge in [0, 0.05) is 12.1 Å². The summed E-state index contributed by atoms with van der Waals surface area (Å²) in [6, 6.07) is 6.03. The number of ether oxygens (including phenoxy) is 1. The highest BCUT2D eigenvalue weighted by Crippen LogP contribution is 2.19. The van der Waals surface area contributed by atoms with E-state index in [1.165, 1.54) is 5.56 Å². The Morgan fingerprint density at radius 1 is 1.43 bits per heavy atom. The van der Waals surface area contributed by atoms with E-state index in [1.807, 2.05) is 19.2 Å². The lowest BCUT2D eigenvalue weighted by Crippen LogP contribution is -2.09. The van der Waals surface area contributed by atoms with Gasteiger partial charge in [-0.2, -0.15) is 0 Å². The SMILES string of the molecule is CNCc1cc(C)ccc1OCCO. The average molecular weight is 195 g/mol. The lowest BCUT2D eigenvalue weighted by Gasteiger charge is -2.11. The van der Waals surface area contributed by atoms with Crippen LogP contribution in [0.15, 0.2) is 18.2 Å². The molecular formula is C11H17NO2. The first kappa shape index (κ1) is 11.0. The minimum atomic E-state index is 0.0485. The molecule has 0 radical (unpaired) electrons. The van der Waals surface area contributed by atoms with E-state index in [0.717, 1.165) is 17.9 Å². The van der Waals surface area contributed by atoms with E-state index in [9.17, 15) is 0 Å². The van der Waals surface area contributed by atoms with E-state index in [4.69, 9.17) is 9.84 Å². The molecule has 0 aromatic heterocycles. The molecule has 0 amide bonds. The van der Waals surface area contributed by atoms with Gasteiger partial charge in [-0.25, -0.2) is 0 Å². The fourth-order valence-electron chi connectivity index (χ4n) is 1.33. The second kappa shape index (κ2) is 5.62. The second-order valence-electron chi connectivity index (χ2n) is 3.21. The van der Waals surface area contributed by atoms with Crippen LogP contribution >= 0.6 is 0 Å². The van der Waals surface area contributed by atoms with Crippen molar-refractivity contribution in [2.75, 3.05) is 20.3 Å².